The van der Waals surface area contributed by atoms with Crippen molar-refractivity contribution in [3.05, 3.63) is 22.4 Å². The number of hydrogen-bond acceptors (Lipinski definition) is 2. The van der Waals surface area contributed by atoms with Gasteiger partial charge in [0.2, 0.25) is 0 Å². The fourth-order valence-corrected chi connectivity index (χ4v) is 1.15. The SMILES string of the molecule is Cc1c[nH]c(=O)n1CCC(C)(C)O. The molecule has 0 aromatic carbocycles. The van der Waals surface area contributed by atoms with Crippen LogP contribution in [-0.2, 0) is 6.54 Å². The Balaban J connectivity index is 2.70. The van der Waals surface area contributed by atoms with Crippen molar-refractivity contribution in [1.29, 1.82) is 0 Å². The lowest BCUT2D eigenvalue weighted by molar-refractivity contribution is 0.0658. The van der Waals surface area contributed by atoms with E-state index in [0.29, 0.717) is 13.0 Å². The maximum atomic E-state index is 11.2. The Bertz CT molecular complexity index is 330. The average molecular weight is 184 g/mol. The number of nitrogens with one attached hydrogen (secondary N) is 1. The molecule has 0 amide bonds. The average Bonchev–Trinajstić information content (AvgIpc) is 2.27. The third-order valence-electron chi connectivity index (χ3n) is 2.02. The summed E-state index contributed by atoms with van der Waals surface area (Å²) in [5.41, 5.74) is 0.0689. The fourth-order valence-electron chi connectivity index (χ4n) is 1.15. The molecule has 0 bridgehead atoms. The maximum absolute atomic E-state index is 11.2. The van der Waals surface area contributed by atoms with E-state index in [4.69, 9.17) is 0 Å². The predicted molar refractivity (Wildman–Crippen MR) is 50.7 cm³/mol. The van der Waals surface area contributed by atoms with Crippen LogP contribution in [0.25, 0.3) is 0 Å². The van der Waals surface area contributed by atoms with Gasteiger partial charge < -0.3 is 10.1 Å². The zero-order valence-electron chi connectivity index (χ0n) is 8.29. The van der Waals surface area contributed by atoms with Gasteiger partial charge in [0.1, 0.15) is 0 Å². The molecule has 0 spiro atoms. The molecule has 0 saturated heterocycles. The van der Waals surface area contributed by atoms with Crippen LogP contribution in [0.2, 0.25) is 0 Å². The van der Waals surface area contributed by atoms with Crippen molar-refractivity contribution in [3.8, 4) is 0 Å². The van der Waals surface area contributed by atoms with Crippen LogP contribution < -0.4 is 5.69 Å². The highest BCUT2D eigenvalue weighted by molar-refractivity contribution is 4.94. The Morgan fingerprint density at radius 1 is 1.62 bits per heavy atom. The first-order valence-corrected chi connectivity index (χ1v) is 4.37. The third kappa shape index (κ3) is 2.73. The first-order chi connectivity index (χ1) is 5.90. The summed E-state index contributed by atoms with van der Waals surface area (Å²) in [6, 6.07) is 0. The van der Waals surface area contributed by atoms with Crippen molar-refractivity contribution in [2.24, 2.45) is 0 Å². The molecule has 1 heterocycles. The second-order valence-corrected chi connectivity index (χ2v) is 3.95. The molecule has 2 N–H and O–H groups in total. The highest BCUT2D eigenvalue weighted by Gasteiger charge is 2.13. The van der Waals surface area contributed by atoms with Gasteiger partial charge in [0.15, 0.2) is 0 Å². The number of imidazole rings is 1. The molecule has 0 aliphatic rings. The van der Waals surface area contributed by atoms with E-state index in [1.807, 2.05) is 6.92 Å². The lowest BCUT2D eigenvalue weighted by atomic mass is 10.1. The third-order valence-corrected chi connectivity index (χ3v) is 2.02. The molecule has 1 rings (SSSR count). The van der Waals surface area contributed by atoms with Gasteiger partial charge in [-0.3, -0.25) is 4.57 Å². The molecule has 4 nitrogen and oxygen atoms in total. The molecular formula is C9H16N2O2. The zero-order chi connectivity index (χ0) is 10.1. The van der Waals surface area contributed by atoms with E-state index in [-0.39, 0.29) is 5.69 Å². The largest absolute Gasteiger partial charge is 0.390 e. The van der Waals surface area contributed by atoms with Crippen LogP contribution in [0.5, 0.6) is 0 Å². The van der Waals surface area contributed by atoms with Crippen molar-refractivity contribution in [2.75, 3.05) is 0 Å². The van der Waals surface area contributed by atoms with E-state index in [1.165, 1.54) is 0 Å². The van der Waals surface area contributed by atoms with Gasteiger partial charge in [0.05, 0.1) is 5.60 Å². The van der Waals surface area contributed by atoms with Crippen LogP contribution in [-0.4, -0.2) is 20.3 Å². The molecule has 0 radical (unpaired) electrons. The summed E-state index contributed by atoms with van der Waals surface area (Å²) < 4.78 is 1.62. The van der Waals surface area contributed by atoms with Crippen molar-refractivity contribution >= 4 is 0 Å². The number of aryl methyl sites for hydroxylation is 1. The molecule has 13 heavy (non-hydrogen) atoms. The Kier molecular flexibility index (Phi) is 2.61. The van der Waals surface area contributed by atoms with Gasteiger partial charge in [-0.05, 0) is 27.2 Å². The van der Waals surface area contributed by atoms with Crippen LogP contribution in [0, 0.1) is 6.92 Å². The molecule has 0 aliphatic heterocycles. The Hall–Kier alpha value is -1.03. The number of aliphatic hydroxyl groups is 1. The summed E-state index contributed by atoms with van der Waals surface area (Å²) in [5.74, 6) is 0. The van der Waals surface area contributed by atoms with Gasteiger partial charge in [-0.15, -0.1) is 0 Å². The smallest absolute Gasteiger partial charge is 0.325 e. The van der Waals surface area contributed by atoms with E-state index in [2.05, 4.69) is 4.98 Å². The van der Waals surface area contributed by atoms with Crippen molar-refractivity contribution < 1.29 is 5.11 Å². The Labute approximate surface area is 77.2 Å². The first kappa shape index (κ1) is 10.1. The van der Waals surface area contributed by atoms with Crippen LogP contribution in [0.4, 0.5) is 0 Å². The molecule has 0 saturated carbocycles. The van der Waals surface area contributed by atoms with E-state index >= 15 is 0 Å². The molecule has 1 aromatic heterocycles. The fraction of sp³-hybridized carbons (Fsp3) is 0.667. The topological polar surface area (TPSA) is 58.0 Å². The summed E-state index contributed by atoms with van der Waals surface area (Å²) in [7, 11) is 0. The molecule has 1 aromatic rings. The lowest BCUT2D eigenvalue weighted by Crippen LogP contribution is -2.25. The quantitative estimate of drug-likeness (QED) is 0.724. The van der Waals surface area contributed by atoms with Gasteiger partial charge >= 0.3 is 5.69 Å². The monoisotopic (exact) mass is 184 g/mol. The molecule has 0 unspecified atom stereocenters. The highest BCUT2D eigenvalue weighted by atomic mass is 16.3. The summed E-state index contributed by atoms with van der Waals surface area (Å²) in [6.07, 6.45) is 2.25. The van der Waals surface area contributed by atoms with E-state index in [0.717, 1.165) is 5.69 Å². The number of aromatic nitrogens is 2. The minimum absolute atomic E-state index is 0.109. The summed E-state index contributed by atoms with van der Waals surface area (Å²) >= 11 is 0. The molecule has 0 aliphatic carbocycles. The van der Waals surface area contributed by atoms with E-state index in [9.17, 15) is 9.90 Å². The van der Waals surface area contributed by atoms with Crippen molar-refractivity contribution in [3.63, 3.8) is 0 Å². The molecule has 4 heteroatoms. The molecule has 0 atom stereocenters. The van der Waals surface area contributed by atoms with Crippen LogP contribution in [0.1, 0.15) is 26.0 Å². The van der Waals surface area contributed by atoms with Crippen LogP contribution in [0.3, 0.4) is 0 Å². The van der Waals surface area contributed by atoms with Crippen LogP contribution >= 0.6 is 0 Å². The number of H-pyrrole nitrogens is 1. The number of aromatic amines is 1. The zero-order valence-corrected chi connectivity index (χ0v) is 8.29. The summed E-state index contributed by atoms with van der Waals surface area (Å²) in [4.78, 5) is 13.8. The second kappa shape index (κ2) is 3.38. The summed E-state index contributed by atoms with van der Waals surface area (Å²) in [6.45, 7) is 5.89. The standard InChI is InChI=1S/C9H16N2O2/c1-7-6-10-8(12)11(7)5-4-9(2,3)13/h6,13H,4-5H2,1-3H3,(H,10,12). The minimum atomic E-state index is -0.719. The normalized spacial score (nSPS) is 12.0. The predicted octanol–water partition coefficient (Wildman–Crippen LogP) is 0.646. The molecular weight excluding hydrogens is 168 g/mol. The number of hydrogen-bond donors (Lipinski definition) is 2. The van der Waals surface area contributed by atoms with Gasteiger partial charge in [0, 0.05) is 18.4 Å². The lowest BCUT2D eigenvalue weighted by Gasteiger charge is -2.16. The van der Waals surface area contributed by atoms with Crippen molar-refractivity contribution in [1.82, 2.24) is 9.55 Å². The molecule has 0 fully saturated rings. The highest BCUT2D eigenvalue weighted by Crippen LogP contribution is 2.08. The van der Waals surface area contributed by atoms with E-state index < -0.39 is 5.60 Å². The Morgan fingerprint density at radius 2 is 2.23 bits per heavy atom. The second-order valence-electron chi connectivity index (χ2n) is 3.95. The van der Waals surface area contributed by atoms with Gasteiger partial charge in [-0.2, -0.15) is 0 Å². The van der Waals surface area contributed by atoms with E-state index in [1.54, 1.807) is 24.6 Å². The van der Waals surface area contributed by atoms with Crippen LogP contribution in [0.15, 0.2) is 11.0 Å². The number of nitrogens with zero attached hydrogens (tertiary/aromatic N) is 1. The number of rotatable bonds is 3. The first-order valence-electron chi connectivity index (χ1n) is 4.37. The summed E-state index contributed by atoms with van der Waals surface area (Å²) in [5, 5.41) is 9.47. The van der Waals surface area contributed by atoms with Gasteiger partial charge in [0.25, 0.3) is 0 Å². The molecule has 74 valence electrons. The van der Waals surface area contributed by atoms with Gasteiger partial charge in [-0.1, -0.05) is 0 Å². The maximum Gasteiger partial charge on any atom is 0.325 e. The van der Waals surface area contributed by atoms with Gasteiger partial charge in [-0.25, -0.2) is 4.79 Å². The van der Waals surface area contributed by atoms with Crippen molar-refractivity contribution in [2.45, 2.75) is 39.3 Å². The minimum Gasteiger partial charge on any atom is -0.390 e. The Morgan fingerprint density at radius 3 is 2.62 bits per heavy atom.